The van der Waals surface area contributed by atoms with E-state index >= 15 is 0 Å². The second-order valence-electron chi connectivity index (χ2n) is 6.98. The molecule has 2 atom stereocenters. The number of hydrogen-bond donors (Lipinski definition) is 1. The second-order valence-corrected chi connectivity index (χ2v) is 6.98. The highest BCUT2D eigenvalue weighted by atomic mass is 19.4. The van der Waals surface area contributed by atoms with Crippen molar-refractivity contribution >= 4 is 17.6 Å². The van der Waals surface area contributed by atoms with Crippen LogP contribution in [0, 0.1) is 25.7 Å². The predicted octanol–water partition coefficient (Wildman–Crippen LogP) is 3.39. The Bertz CT molecular complexity index is 858. The average Bonchev–Trinajstić information content (AvgIpc) is 2.58. The third-order valence-corrected chi connectivity index (χ3v) is 4.40. The van der Waals surface area contributed by atoms with E-state index in [1.54, 1.807) is 0 Å². The summed E-state index contributed by atoms with van der Waals surface area (Å²) in [7, 11) is 0. The summed E-state index contributed by atoms with van der Waals surface area (Å²) in [5.41, 5.74) is 3.01. The van der Waals surface area contributed by atoms with Crippen molar-refractivity contribution in [2.75, 3.05) is 5.32 Å². The molecule has 5 nitrogen and oxygen atoms in total. The monoisotopic (exact) mass is 408 g/mol. The van der Waals surface area contributed by atoms with Gasteiger partial charge in [-0.2, -0.15) is 0 Å². The molecule has 0 aliphatic rings. The lowest BCUT2D eigenvalue weighted by Crippen LogP contribution is -2.40. The Kier molecular flexibility index (Phi) is 6.89. The van der Waals surface area contributed by atoms with E-state index in [9.17, 15) is 27.9 Å². The zero-order valence-electron chi connectivity index (χ0n) is 16.2. The van der Waals surface area contributed by atoms with Crippen LogP contribution < -0.4 is 15.2 Å². The molecule has 8 heteroatoms. The number of aryl methyl sites for hydroxylation is 2. The molecule has 156 valence electrons. The van der Waals surface area contributed by atoms with Crippen LogP contribution in [0.3, 0.4) is 0 Å². The molecule has 0 aliphatic heterocycles. The number of halogens is 3. The summed E-state index contributed by atoms with van der Waals surface area (Å²) < 4.78 is 40.5. The number of aliphatic carboxylic acids is 1. The summed E-state index contributed by atoms with van der Waals surface area (Å²) in [6.07, 6.45) is -4.63. The first-order chi connectivity index (χ1) is 13.4. The molecule has 0 aliphatic carbocycles. The van der Waals surface area contributed by atoms with E-state index in [1.165, 1.54) is 19.1 Å². The van der Waals surface area contributed by atoms with Crippen LogP contribution in [-0.2, 0) is 16.0 Å². The Morgan fingerprint density at radius 2 is 1.62 bits per heavy atom. The number of carbonyl (C=O) groups excluding carboxylic acids is 2. The lowest BCUT2D eigenvalue weighted by molar-refractivity contribution is -0.312. The van der Waals surface area contributed by atoms with Crippen molar-refractivity contribution in [2.45, 2.75) is 33.6 Å². The highest BCUT2D eigenvalue weighted by Crippen LogP contribution is 2.25. The first-order valence-corrected chi connectivity index (χ1v) is 8.89. The molecule has 0 radical (unpaired) electrons. The molecule has 29 heavy (non-hydrogen) atoms. The van der Waals surface area contributed by atoms with Gasteiger partial charge >= 0.3 is 6.36 Å². The first kappa shape index (κ1) is 22.3. The Morgan fingerprint density at radius 1 is 1.07 bits per heavy atom. The number of ether oxygens (including phenoxy) is 1. The van der Waals surface area contributed by atoms with Crippen molar-refractivity contribution < 1.29 is 32.6 Å². The highest BCUT2D eigenvalue weighted by Gasteiger charge is 2.31. The Morgan fingerprint density at radius 3 is 2.10 bits per heavy atom. The minimum absolute atomic E-state index is 0.179. The second kappa shape index (κ2) is 8.98. The number of carboxylic acids is 1. The van der Waals surface area contributed by atoms with Crippen LogP contribution in [0.4, 0.5) is 18.9 Å². The molecule has 0 unspecified atom stereocenters. The van der Waals surface area contributed by atoms with Gasteiger partial charge in [0, 0.05) is 17.6 Å². The zero-order chi connectivity index (χ0) is 21.8. The van der Waals surface area contributed by atoms with Crippen molar-refractivity contribution in [3.8, 4) is 5.75 Å². The van der Waals surface area contributed by atoms with Crippen LogP contribution in [0.25, 0.3) is 0 Å². The minimum Gasteiger partial charge on any atom is -0.550 e. The van der Waals surface area contributed by atoms with Crippen LogP contribution >= 0.6 is 0 Å². The largest absolute Gasteiger partial charge is 0.573 e. The molecule has 2 aromatic carbocycles. The van der Waals surface area contributed by atoms with Gasteiger partial charge in [0.25, 0.3) is 0 Å². The molecule has 0 bridgehead atoms. The van der Waals surface area contributed by atoms with Gasteiger partial charge in [0.1, 0.15) is 5.75 Å². The molecule has 0 aromatic heterocycles. The van der Waals surface area contributed by atoms with E-state index in [-0.39, 0.29) is 12.1 Å². The van der Waals surface area contributed by atoms with Crippen LogP contribution in [0.2, 0.25) is 0 Å². The smallest absolute Gasteiger partial charge is 0.550 e. The van der Waals surface area contributed by atoms with Gasteiger partial charge < -0.3 is 20.0 Å². The van der Waals surface area contributed by atoms with Crippen LogP contribution in [0.5, 0.6) is 5.75 Å². The van der Waals surface area contributed by atoms with Gasteiger partial charge in [0.15, 0.2) is 0 Å². The lowest BCUT2D eigenvalue weighted by atomic mass is 9.86. The number of carboxylic acid groups (broad SMARTS) is 1. The van der Waals surface area contributed by atoms with E-state index < -0.39 is 35.8 Å². The Balaban J connectivity index is 2.18. The number of carbonyl (C=O) groups is 2. The van der Waals surface area contributed by atoms with E-state index in [4.69, 9.17) is 0 Å². The van der Waals surface area contributed by atoms with Crippen molar-refractivity contribution in [3.05, 3.63) is 59.2 Å². The van der Waals surface area contributed by atoms with Crippen molar-refractivity contribution in [2.24, 2.45) is 11.8 Å². The molecular formula is C21H21F3NO4-. The van der Waals surface area contributed by atoms with Crippen molar-refractivity contribution in [1.29, 1.82) is 0 Å². The van der Waals surface area contributed by atoms with Crippen LogP contribution in [0.15, 0.2) is 42.5 Å². The van der Waals surface area contributed by atoms with Crippen molar-refractivity contribution in [3.63, 3.8) is 0 Å². The third kappa shape index (κ3) is 6.81. The number of benzene rings is 2. The van der Waals surface area contributed by atoms with Gasteiger partial charge in [-0.3, -0.25) is 4.79 Å². The topological polar surface area (TPSA) is 78.5 Å². The summed E-state index contributed by atoms with van der Waals surface area (Å²) in [5, 5.41) is 13.9. The van der Waals surface area contributed by atoms with Crippen molar-refractivity contribution in [1.82, 2.24) is 0 Å². The molecule has 1 N–H and O–H groups in total. The summed E-state index contributed by atoms with van der Waals surface area (Å²) >= 11 is 0. The van der Waals surface area contributed by atoms with Crippen LogP contribution in [0.1, 0.15) is 23.6 Å². The van der Waals surface area contributed by atoms with Gasteiger partial charge in [-0.15, -0.1) is 13.2 Å². The fourth-order valence-electron chi connectivity index (χ4n) is 3.08. The fourth-order valence-corrected chi connectivity index (χ4v) is 3.08. The molecular weight excluding hydrogens is 387 g/mol. The number of anilines is 1. The summed E-state index contributed by atoms with van der Waals surface area (Å²) in [6.45, 7) is 5.19. The molecule has 0 spiro atoms. The fraction of sp³-hybridized carbons (Fsp3) is 0.333. The minimum atomic E-state index is -4.81. The lowest BCUT2D eigenvalue weighted by Gasteiger charge is -2.24. The standard InChI is InChI=1S/C21H22F3NO4/c1-12-8-13(2)10-15(9-12)11-18(14(3)20(27)28)19(26)25-16-4-6-17(7-5-16)29-21(22,23)24/h4-10,14,18H,11H2,1-3H3,(H,25,26)(H,27,28)/p-1/t14-,18+/m1/s1. The number of alkyl halides is 3. The molecule has 0 saturated heterocycles. The van der Waals surface area contributed by atoms with Gasteiger partial charge in [-0.05, 0) is 50.1 Å². The van der Waals surface area contributed by atoms with Crippen LogP contribution in [-0.4, -0.2) is 18.2 Å². The SMILES string of the molecule is Cc1cc(C)cc(C[C@H](C(=O)Nc2ccc(OC(F)(F)F)cc2)[C@@H](C)C(=O)[O-])c1. The summed E-state index contributed by atoms with van der Waals surface area (Å²) in [5.74, 6) is -4.34. The van der Waals surface area contributed by atoms with E-state index in [0.29, 0.717) is 0 Å². The maximum Gasteiger partial charge on any atom is 0.573 e. The highest BCUT2D eigenvalue weighted by molar-refractivity contribution is 5.95. The predicted molar refractivity (Wildman–Crippen MR) is 99.0 cm³/mol. The van der Waals surface area contributed by atoms with E-state index in [1.807, 2.05) is 32.0 Å². The normalized spacial score (nSPS) is 13.4. The molecule has 2 rings (SSSR count). The molecule has 0 fully saturated rings. The first-order valence-electron chi connectivity index (χ1n) is 8.89. The number of amides is 1. The number of rotatable bonds is 7. The molecule has 0 heterocycles. The molecule has 2 aromatic rings. The third-order valence-electron chi connectivity index (χ3n) is 4.40. The van der Waals surface area contributed by atoms with Gasteiger partial charge in [-0.1, -0.05) is 36.2 Å². The van der Waals surface area contributed by atoms with Gasteiger partial charge in [-0.25, -0.2) is 0 Å². The van der Waals surface area contributed by atoms with Gasteiger partial charge in [0.05, 0.1) is 5.92 Å². The summed E-state index contributed by atoms with van der Waals surface area (Å²) in [6, 6.07) is 10.3. The maximum atomic E-state index is 12.7. The summed E-state index contributed by atoms with van der Waals surface area (Å²) in [4.78, 5) is 24.1. The quantitative estimate of drug-likeness (QED) is 0.762. The Hall–Kier alpha value is -3.03. The van der Waals surface area contributed by atoms with E-state index in [2.05, 4.69) is 10.1 Å². The molecule has 1 amide bonds. The Labute approximate surface area is 166 Å². The maximum absolute atomic E-state index is 12.7. The van der Waals surface area contributed by atoms with Gasteiger partial charge in [0.2, 0.25) is 5.91 Å². The molecule has 0 saturated carbocycles. The average molecular weight is 408 g/mol. The number of nitrogens with one attached hydrogen (secondary N) is 1. The number of hydrogen-bond acceptors (Lipinski definition) is 4. The zero-order valence-corrected chi connectivity index (χ0v) is 16.2. The van der Waals surface area contributed by atoms with E-state index in [0.717, 1.165) is 28.8 Å².